The number of benzene rings is 1. The molecule has 1 aromatic carbocycles. The van der Waals surface area contributed by atoms with Crippen LogP contribution in [0.5, 0.6) is 11.5 Å². The molecule has 6 heteroatoms. The standard InChI is InChI=1S/C21H38N4O2/c1-8-22-21(23-13-15-25(9-2)17(3)4)24(5)14-12-18-10-11-19(26-6)20(16-18)27-7/h10-11,16-17H,8-9,12-15H2,1-7H3,(H,22,23). The normalized spacial score (nSPS) is 11.8. The van der Waals surface area contributed by atoms with Crippen molar-refractivity contribution in [2.24, 2.45) is 4.99 Å². The van der Waals surface area contributed by atoms with Crippen molar-refractivity contribution in [2.45, 2.75) is 40.2 Å². The summed E-state index contributed by atoms with van der Waals surface area (Å²) in [7, 11) is 5.41. The van der Waals surface area contributed by atoms with Crippen LogP contribution in [0.4, 0.5) is 0 Å². The monoisotopic (exact) mass is 378 g/mol. The lowest BCUT2D eigenvalue weighted by atomic mass is 10.1. The molecule has 0 atom stereocenters. The van der Waals surface area contributed by atoms with Gasteiger partial charge in [-0.3, -0.25) is 9.89 Å². The van der Waals surface area contributed by atoms with Gasteiger partial charge >= 0.3 is 0 Å². The fourth-order valence-corrected chi connectivity index (χ4v) is 2.97. The molecule has 0 saturated heterocycles. The zero-order valence-electron chi connectivity index (χ0n) is 18.2. The summed E-state index contributed by atoms with van der Waals surface area (Å²) < 4.78 is 10.7. The Bertz CT molecular complexity index is 575. The molecule has 0 bridgehead atoms. The maximum absolute atomic E-state index is 5.40. The fraction of sp³-hybridized carbons (Fsp3) is 0.667. The minimum Gasteiger partial charge on any atom is -0.493 e. The van der Waals surface area contributed by atoms with E-state index in [0.717, 1.165) is 56.6 Å². The molecule has 1 rings (SSSR count). The minimum absolute atomic E-state index is 0.551. The van der Waals surface area contributed by atoms with Gasteiger partial charge in [0.15, 0.2) is 17.5 Å². The van der Waals surface area contributed by atoms with E-state index in [-0.39, 0.29) is 0 Å². The summed E-state index contributed by atoms with van der Waals surface area (Å²) in [5, 5.41) is 3.39. The lowest BCUT2D eigenvalue weighted by Gasteiger charge is -2.25. The van der Waals surface area contributed by atoms with Crippen molar-refractivity contribution in [3.63, 3.8) is 0 Å². The van der Waals surface area contributed by atoms with Gasteiger partial charge in [-0.25, -0.2) is 0 Å². The van der Waals surface area contributed by atoms with E-state index >= 15 is 0 Å². The molecule has 0 aliphatic carbocycles. The van der Waals surface area contributed by atoms with Gasteiger partial charge in [-0.1, -0.05) is 13.0 Å². The van der Waals surface area contributed by atoms with Crippen LogP contribution >= 0.6 is 0 Å². The molecule has 0 unspecified atom stereocenters. The van der Waals surface area contributed by atoms with E-state index in [4.69, 9.17) is 14.5 Å². The van der Waals surface area contributed by atoms with Gasteiger partial charge in [0.25, 0.3) is 0 Å². The van der Waals surface area contributed by atoms with Crippen molar-refractivity contribution < 1.29 is 9.47 Å². The van der Waals surface area contributed by atoms with E-state index in [2.05, 4.69) is 55.9 Å². The van der Waals surface area contributed by atoms with Crippen molar-refractivity contribution in [2.75, 3.05) is 54.0 Å². The summed E-state index contributed by atoms with van der Waals surface area (Å²) in [6.45, 7) is 13.3. The Kier molecular flexibility index (Phi) is 10.6. The Morgan fingerprint density at radius 1 is 1.11 bits per heavy atom. The van der Waals surface area contributed by atoms with Crippen LogP contribution in [0.25, 0.3) is 0 Å². The second kappa shape index (κ2) is 12.4. The number of methoxy groups -OCH3 is 2. The fourth-order valence-electron chi connectivity index (χ4n) is 2.97. The summed E-state index contributed by atoms with van der Waals surface area (Å²) in [6, 6.07) is 6.63. The number of guanidine groups is 1. The van der Waals surface area contributed by atoms with Gasteiger partial charge in [0.05, 0.1) is 20.8 Å². The molecule has 0 aromatic heterocycles. The van der Waals surface area contributed by atoms with E-state index in [1.807, 2.05) is 12.1 Å². The number of aliphatic imine (C=N–C) groups is 1. The summed E-state index contributed by atoms with van der Waals surface area (Å²) in [6.07, 6.45) is 0.911. The smallest absolute Gasteiger partial charge is 0.193 e. The van der Waals surface area contributed by atoms with Gasteiger partial charge in [0.2, 0.25) is 0 Å². The number of hydrogen-bond acceptors (Lipinski definition) is 4. The van der Waals surface area contributed by atoms with Crippen LogP contribution in [0.2, 0.25) is 0 Å². The van der Waals surface area contributed by atoms with Crippen molar-refractivity contribution in [3.05, 3.63) is 23.8 Å². The quantitative estimate of drug-likeness (QED) is 0.474. The predicted molar refractivity (Wildman–Crippen MR) is 114 cm³/mol. The molecular formula is C21H38N4O2. The molecule has 0 heterocycles. The maximum Gasteiger partial charge on any atom is 0.193 e. The molecule has 0 saturated carbocycles. The van der Waals surface area contributed by atoms with E-state index in [9.17, 15) is 0 Å². The van der Waals surface area contributed by atoms with Crippen LogP contribution in [0.15, 0.2) is 23.2 Å². The largest absolute Gasteiger partial charge is 0.493 e. The number of nitrogens with zero attached hydrogens (tertiary/aromatic N) is 3. The predicted octanol–water partition coefficient (Wildman–Crippen LogP) is 2.87. The van der Waals surface area contributed by atoms with E-state index in [1.165, 1.54) is 5.56 Å². The Hall–Kier alpha value is -1.95. The SMILES string of the molecule is CCNC(=NCCN(CC)C(C)C)N(C)CCc1ccc(OC)c(OC)c1. The first-order valence-corrected chi connectivity index (χ1v) is 9.91. The van der Waals surface area contributed by atoms with Gasteiger partial charge in [-0.15, -0.1) is 0 Å². The van der Waals surface area contributed by atoms with E-state index < -0.39 is 0 Å². The van der Waals surface area contributed by atoms with Crippen molar-refractivity contribution >= 4 is 5.96 Å². The Morgan fingerprint density at radius 2 is 1.81 bits per heavy atom. The highest BCUT2D eigenvalue weighted by atomic mass is 16.5. The van der Waals surface area contributed by atoms with Crippen molar-refractivity contribution in [1.82, 2.24) is 15.1 Å². The topological polar surface area (TPSA) is 49.3 Å². The third kappa shape index (κ3) is 7.67. The van der Waals surface area contributed by atoms with Crippen molar-refractivity contribution in [3.8, 4) is 11.5 Å². The van der Waals surface area contributed by atoms with Crippen LogP contribution in [0.1, 0.15) is 33.3 Å². The highest BCUT2D eigenvalue weighted by Gasteiger charge is 2.10. The lowest BCUT2D eigenvalue weighted by Crippen LogP contribution is -2.41. The molecule has 0 amide bonds. The van der Waals surface area contributed by atoms with Gasteiger partial charge in [-0.05, 0) is 51.4 Å². The van der Waals surface area contributed by atoms with Crippen LogP contribution in [-0.4, -0.2) is 75.8 Å². The number of rotatable bonds is 11. The van der Waals surface area contributed by atoms with Gasteiger partial charge in [0, 0.05) is 32.7 Å². The van der Waals surface area contributed by atoms with Gasteiger partial charge in [0.1, 0.15) is 0 Å². The molecule has 0 radical (unpaired) electrons. The highest BCUT2D eigenvalue weighted by Crippen LogP contribution is 2.27. The second-order valence-electron chi connectivity index (χ2n) is 6.82. The number of likely N-dealkylation sites (N-methyl/N-ethyl adjacent to an activating group) is 2. The molecule has 0 spiro atoms. The molecule has 154 valence electrons. The third-order valence-corrected chi connectivity index (χ3v) is 4.67. The first-order valence-electron chi connectivity index (χ1n) is 9.91. The van der Waals surface area contributed by atoms with Crippen molar-refractivity contribution in [1.29, 1.82) is 0 Å². The summed E-state index contributed by atoms with van der Waals surface area (Å²) in [4.78, 5) is 9.42. The first-order chi connectivity index (χ1) is 13.0. The zero-order valence-corrected chi connectivity index (χ0v) is 18.2. The number of nitrogens with one attached hydrogen (secondary N) is 1. The summed E-state index contributed by atoms with van der Waals surface area (Å²) >= 11 is 0. The summed E-state index contributed by atoms with van der Waals surface area (Å²) in [5.74, 6) is 2.49. The Balaban J connectivity index is 2.67. The van der Waals surface area contributed by atoms with Crippen LogP contribution in [0, 0.1) is 0 Å². The average molecular weight is 379 g/mol. The molecule has 0 fully saturated rings. The zero-order chi connectivity index (χ0) is 20.2. The molecule has 0 aliphatic rings. The number of ether oxygens (including phenoxy) is 2. The molecule has 27 heavy (non-hydrogen) atoms. The number of hydrogen-bond donors (Lipinski definition) is 1. The third-order valence-electron chi connectivity index (χ3n) is 4.67. The Morgan fingerprint density at radius 3 is 2.37 bits per heavy atom. The second-order valence-corrected chi connectivity index (χ2v) is 6.82. The first kappa shape index (κ1) is 23.1. The van der Waals surface area contributed by atoms with E-state index in [0.29, 0.717) is 6.04 Å². The van der Waals surface area contributed by atoms with Gasteiger partial charge < -0.3 is 19.7 Å². The van der Waals surface area contributed by atoms with Crippen LogP contribution in [0.3, 0.4) is 0 Å². The molecule has 1 aromatic rings. The Labute approximate surface area is 165 Å². The van der Waals surface area contributed by atoms with Crippen LogP contribution < -0.4 is 14.8 Å². The molecular weight excluding hydrogens is 340 g/mol. The molecule has 0 aliphatic heterocycles. The lowest BCUT2D eigenvalue weighted by molar-refractivity contribution is 0.240. The van der Waals surface area contributed by atoms with Crippen LogP contribution in [-0.2, 0) is 6.42 Å². The summed E-state index contributed by atoms with van der Waals surface area (Å²) in [5.41, 5.74) is 1.22. The van der Waals surface area contributed by atoms with E-state index in [1.54, 1.807) is 14.2 Å². The maximum atomic E-state index is 5.40. The molecule has 1 N–H and O–H groups in total. The average Bonchev–Trinajstić information content (AvgIpc) is 2.67. The highest BCUT2D eigenvalue weighted by molar-refractivity contribution is 5.79. The van der Waals surface area contributed by atoms with Gasteiger partial charge in [-0.2, -0.15) is 0 Å². The molecule has 6 nitrogen and oxygen atoms in total. The minimum atomic E-state index is 0.551.